The summed E-state index contributed by atoms with van der Waals surface area (Å²) >= 11 is 3.59. The van der Waals surface area contributed by atoms with Crippen molar-refractivity contribution in [3.63, 3.8) is 0 Å². The molecule has 1 unspecified atom stereocenters. The van der Waals surface area contributed by atoms with Crippen molar-refractivity contribution in [2.75, 3.05) is 11.9 Å². The van der Waals surface area contributed by atoms with Gasteiger partial charge in [0, 0.05) is 22.7 Å². The van der Waals surface area contributed by atoms with E-state index in [4.69, 9.17) is 5.73 Å². The maximum Gasteiger partial charge on any atom is 0.0487 e. The summed E-state index contributed by atoms with van der Waals surface area (Å²) in [6.45, 7) is 0.714. The predicted octanol–water partition coefficient (Wildman–Crippen LogP) is 4.16. The van der Waals surface area contributed by atoms with Gasteiger partial charge in [0.25, 0.3) is 0 Å². The second kappa shape index (κ2) is 7.15. The zero-order valence-electron chi connectivity index (χ0n) is 10.9. The Morgan fingerprint density at radius 1 is 1.17 bits per heavy atom. The Balaban J connectivity index is 2.02. The van der Waals surface area contributed by atoms with Gasteiger partial charge in [-0.2, -0.15) is 0 Å². The molecule has 1 saturated carbocycles. The normalized spacial score (nSPS) is 19.2. The molecular formula is C15H23BrN2. The second-order valence-corrected chi connectivity index (χ2v) is 6.07. The lowest BCUT2D eigenvalue weighted by Crippen LogP contribution is -2.36. The number of rotatable bonds is 4. The zero-order chi connectivity index (χ0) is 12.8. The van der Waals surface area contributed by atoms with Crippen LogP contribution < -0.4 is 11.1 Å². The lowest BCUT2D eigenvalue weighted by molar-refractivity contribution is 0.398. The van der Waals surface area contributed by atoms with Gasteiger partial charge in [-0.3, -0.25) is 0 Å². The van der Waals surface area contributed by atoms with Gasteiger partial charge in [-0.1, -0.05) is 37.8 Å². The molecule has 3 N–H and O–H groups in total. The molecule has 1 atom stereocenters. The number of para-hydroxylation sites is 1. The van der Waals surface area contributed by atoms with Gasteiger partial charge in [-0.05, 0) is 46.8 Å². The largest absolute Gasteiger partial charge is 0.380 e. The van der Waals surface area contributed by atoms with Crippen LogP contribution in [0.5, 0.6) is 0 Å². The van der Waals surface area contributed by atoms with E-state index in [1.54, 1.807) is 0 Å². The molecule has 1 aromatic carbocycles. The van der Waals surface area contributed by atoms with Gasteiger partial charge in [0.2, 0.25) is 0 Å². The summed E-state index contributed by atoms with van der Waals surface area (Å²) in [5.41, 5.74) is 7.14. The average molecular weight is 311 g/mol. The first-order chi connectivity index (χ1) is 8.81. The number of anilines is 1. The van der Waals surface area contributed by atoms with Crippen LogP contribution >= 0.6 is 15.9 Å². The molecule has 0 bridgehead atoms. The van der Waals surface area contributed by atoms with Crippen LogP contribution in [-0.2, 0) is 0 Å². The maximum absolute atomic E-state index is 5.97. The van der Waals surface area contributed by atoms with Gasteiger partial charge in [-0.15, -0.1) is 0 Å². The van der Waals surface area contributed by atoms with E-state index in [0.29, 0.717) is 12.6 Å². The highest BCUT2D eigenvalue weighted by Crippen LogP contribution is 2.29. The Kier molecular flexibility index (Phi) is 5.51. The first-order valence-corrected chi connectivity index (χ1v) is 7.81. The van der Waals surface area contributed by atoms with E-state index in [-0.39, 0.29) is 0 Å². The van der Waals surface area contributed by atoms with E-state index < -0.39 is 0 Å². The molecule has 0 aromatic heterocycles. The highest BCUT2D eigenvalue weighted by Gasteiger charge is 2.21. The summed E-state index contributed by atoms with van der Waals surface area (Å²) in [6, 6.07) is 8.69. The molecule has 2 nitrogen and oxygen atoms in total. The first kappa shape index (κ1) is 13.9. The van der Waals surface area contributed by atoms with Crippen LogP contribution in [-0.4, -0.2) is 12.6 Å². The Hall–Kier alpha value is -0.540. The lowest BCUT2D eigenvalue weighted by Gasteiger charge is -2.27. The van der Waals surface area contributed by atoms with E-state index >= 15 is 0 Å². The maximum atomic E-state index is 5.97. The number of hydrogen-bond donors (Lipinski definition) is 2. The standard InChI is InChI=1S/C15H23BrN2/c16-13-9-5-6-10-14(13)18-15(11-17)12-7-3-1-2-4-8-12/h5-6,9-10,12,15,18H,1-4,7-8,11,17H2. The van der Waals surface area contributed by atoms with Crippen LogP contribution in [0, 0.1) is 5.92 Å². The second-order valence-electron chi connectivity index (χ2n) is 5.22. The average Bonchev–Trinajstić information content (AvgIpc) is 2.67. The Morgan fingerprint density at radius 3 is 2.44 bits per heavy atom. The van der Waals surface area contributed by atoms with Gasteiger partial charge in [-0.25, -0.2) is 0 Å². The van der Waals surface area contributed by atoms with Gasteiger partial charge in [0.15, 0.2) is 0 Å². The minimum atomic E-state index is 0.404. The Labute approximate surface area is 118 Å². The van der Waals surface area contributed by atoms with Gasteiger partial charge < -0.3 is 11.1 Å². The van der Waals surface area contributed by atoms with Crippen LogP contribution in [0.3, 0.4) is 0 Å². The van der Waals surface area contributed by atoms with Crippen molar-refractivity contribution in [2.45, 2.75) is 44.6 Å². The molecule has 0 aliphatic heterocycles. The number of benzene rings is 1. The van der Waals surface area contributed by atoms with Crippen molar-refractivity contribution in [3.8, 4) is 0 Å². The highest BCUT2D eigenvalue weighted by atomic mass is 79.9. The van der Waals surface area contributed by atoms with Gasteiger partial charge in [0.1, 0.15) is 0 Å². The molecule has 2 rings (SSSR count). The molecule has 1 aliphatic carbocycles. The molecule has 18 heavy (non-hydrogen) atoms. The van der Waals surface area contributed by atoms with Gasteiger partial charge >= 0.3 is 0 Å². The molecule has 100 valence electrons. The smallest absolute Gasteiger partial charge is 0.0487 e. The molecule has 0 amide bonds. The number of halogens is 1. The minimum absolute atomic E-state index is 0.404. The van der Waals surface area contributed by atoms with Crippen molar-refractivity contribution in [2.24, 2.45) is 11.7 Å². The summed E-state index contributed by atoms with van der Waals surface area (Å²) in [4.78, 5) is 0. The Bertz CT molecular complexity index is 359. The van der Waals surface area contributed by atoms with Crippen molar-refractivity contribution in [3.05, 3.63) is 28.7 Å². The molecule has 1 fully saturated rings. The Morgan fingerprint density at radius 2 is 1.83 bits per heavy atom. The van der Waals surface area contributed by atoms with Gasteiger partial charge in [0.05, 0.1) is 0 Å². The zero-order valence-corrected chi connectivity index (χ0v) is 12.5. The number of hydrogen-bond acceptors (Lipinski definition) is 2. The fourth-order valence-corrected chi connectivity index (χ4v) is 3.26. The molecule has 0 heterocycles. The number of nitrogens with two attached hydrogens (primary N) is 1. The van der Waals surface area contributed by atoms with E-state index in [9.17, 15) is 0 Å². The van der Waals surface area contributed by atoms with Crippen LogP contribution in [0.25, 0.3) is 0 Å². The minimum Gasteiger partial charge on any atom is -0.380 e. The van der Waals surface area contributed by atoms with E-state index in [0.717, 1.165) is 16.1 Å². The summed E-state index contributed by atoms with van der Waals surface area (Å²) < 4.78 is 1.12. The molecular weight excluding hydrogens is 288 g/mol. The van der Waals surface area contributed by atoms with Crippen LogP contribution in [0.1, 0.15) is 38.5 Å². The third kappa shape index (κ3) is 3.72. The van der Waals surface area contributed by atoms with Crippen molar-refractivity contribution < 1.29 is 0 Å². The van der Waals surface area contributed by atoms with E-state index in [2.05, 4.69) is 39.4 Å². The third-order valence-electron chi connectivity index (χ3n) is 3.94. The van der Waals surface area contributed by atoms with E-state index in [1.807, 2.05) is 6.07 Å². The highest BCUT2D eigenvalue weighted by molar-refractivity contribution is 9.10. The van der Waals surface area contributed by atoms with Crippen LogP contribution in [0.4, 0.5) is 5.69 Å². The molecule has 0 spiro atoms. The summed E-state index contributed by atoms with van der Waals surface area (Å²) in [5, 5.41) is 3.62. The van der Waals surface area contributed by atoms with Crippen LogP contribution in [0.15, 0.2) is 28.7 Å². The predicted molar refractivity (Wildman–Crippen MR) is 81.8 cm³/mol. The first-order valence-electron chi connectivity index (χ1n) is 7.02. The lowest BCUT2D eigenvalue weighted by atomic mass is 9.91. The molecule has 3 heteroatoms. The number of nitrogens with one attached hydrogen (secondary N) is 1. The summed E-state index contributed by atoms with van der Waals surface area (Å²) in [7, 11) is 0. The molecule has 0 radical (unpaired) electrons. The topological polar surface area (TPSA) is 38.0 Å². The fraction of sp³-hybridized carbons (Fsp3) is 0.600. The fourth-order valence-electron chi connectivity index (χ4n) is 2.86. The molecule has 1 aromatic rings. The SMILES string of the molecule is NCC(Nc1ccccc1Br)C1CCCCCC1. The summed E-state index contributed by atoms with van der Waals surface area (Å²) in [6.07, 6.45) is 8.14. The third-order valence-corrected chi connectivity index (χ3v) is 4.63. The summed E-state index contributed by atoms with van der Waals surface area (Å²) in [5.74, 6) is 0.726. The quantitative estimate of drug-likeness (QED) is 0.820. The molecule has 0 saturated heterocycles. The monoisotopic (exact) mass is 310 g/mol. The van der Waals surface area contributed by atoms with Crippen molar-refractivity contribution in [1.29, 1.82) is 0 Å². The van der Waals surface area contributed by atoms with E-state index in [1.165, 1.54) is 38.5 Å². The van der Waals surface area contributed by atoms with Crippen molar-refractivity contribution in [1.82, 2.24) is 0 Å². The van der Waals surface area contributed by atoms with Crippen LogP contribution in [0.2, 0.25) is 0 Å². The molecule has 1 aliphatic rings. The van der Waals surface area contributed by atoms with Crippen molar-refractivity contribution >= 4 is 21.6 Å².